The molecule has 0 aliphatic carbocycles. The van der Waals surface area contributed by atoms with Gasteiger partial charge in [0.05, 0.1) is 25.7 Å². The van der Waals surface area contributed by atoms with Crippen molar-refractivity contribution in [2.75, 3.05) is 26.2 Å². The van der Waals surface area contributed by atoms with E-state index in [9.17, 15) is 28.8 Å². The molecule has 222 valence electrons. The van der Waals surface area contributed by atoms with Gasteiger partial charge in [0.1, 0.15) is 18.1 Å². The molecule has 1 aromatic rings. The highest BCUT2D eigenvalue weighted by Crippen LogP contribution is 2.04. The number of unbranched alkanes of at least 4 members (excludes halogenated alkanes) is 1. The molecule has 0 saturated carbocycles. The van der Waals surface area contributed by atoms with Crippen LogP contribution in [0.15, 0.2) is 30.3 Å². The second-order valence-electron chi connectivity index (χ2n) is 9.01. The van der Waals surface area contributed by atoms with E-state index in [1.165, 1.54) is 6.92 Å². The maximum absolute atomic E-state index is 12.8. The molecule has 4 atom stereocenters. The molecule has 0 spiro atoms. The number of aliphatic carboxylic acids is 1. The van der Waals surface area contributed by atoms with Gasteiger partial charge >= 0.3 is 5.97 Å². The number of benzene rings is 1. The van der Waals surface area contributed by atoms with Crippen molar-refractivity contribution < 1.29 is 39.0 Å². The van der Waals surface area contributed by atoms with Crippen molar-refractivity contribution >= 4 is 35.5 Å². The third kappa shape index (κ3) is 13.1. The Morgan fingerprint density at radius 1 is 0.825 bits per heavy atom. The molecule has 15 nitrogen and oxygen atoms in total. The number of aliphatic hydroxyl groups excluding tert-OH is 1. The van der Waals surface area contributed by atoms with Crippen molar-refractivity contribution in [1.29, 1.82) is 0 Å². The second kappa shape index (κ2) is 18.3. The quantitative estimate of drug-likeness (QED) is 0.0792. The lowest BCUT2D eigenvalue weighted by Crippen LogP contribution is -2.54. The first kappa shape index (κ1) is 33.9. The highest BCUT2D eigenvalue weighted by atomic mass is 16.4. The van der Waals surface area contributed by atoms with Crippen LogP contribution < -0.4 is 38.1 Å². The number of amides is 5. The number of hydrogen-bond donors (Lipinski definition) is 9. The number of carboxylic acid groups (broad SMARTS) is 1. The zero-order chi connectivity index (χ0) is 30.1. The molecule has 0 radical (unpaired) electrons. The molecule has 5 amide bonds. The van der Waals surface area contributed by atoms with E-state index in [2.05, 4.69) is 21.3 Å². The van der Waals surface area contributed by atoms with Gasteiger partial charge in [0.15, 0.2) is 0 Å². The normalized spacial score (nSPS) is 13.6. The Morgan fingerprint density at radius 3 is 1.95 bits per heavy atom. The first-order chi connectivity index (χ1) is 19.0. The molecule has 0 saturated heterocycles. The van der Waals surface area contributed by atoms with Crippen molar-refractivity contribution in [3.8, 4) is 0 Å². The molecule has 0 fully saturated rings. The predicted molar refractivity (Wildman–Crippen MR) is 143 cm³/mol. The van der Waals surface area contributed by atoms with Crippen LogP contribution in [-0.4, -0.2) is 96.1 Å². The topological polar surface area (TPSA) is 255 Å². The van der Waals surface area contributed by atoms with Gasteiger partial charge < -0.3 is 48.3 Å². The van der Waals surface area contributed by atoms with E-state index in [1.807, 2.05) is 5.32 Å². The number of nitrogens with one attached hydrogen (secondary N) is 5. The maximum Gasteiger partial charge on any atom is 0.328 e. The highest BCUT2D eigenvalue weighted by Gasteiger charge is 2.25. The fourth-order valence-corrected chi connectivity index (χ4v) is 3.37. The summed E-state index contributed by atoms with van der Waals surface area (Å²) in [6.07, 6.45) is 1.85. The van der Waals surface area contributed by atoms with E-state index in [-0.39, 0.29) is 6.42 Å². The molecule has 40 heavy (non-hydrogen) atoms. The summed E-state index contributed by atoms with van der Waals surface area (Å²) in [5, 5.41) is 29.6. The van der Waals surface area contributed by atoms with E-state index in [4.69, 9.17) is 21.7 Å². The Labute approximate surface area is 231 Å². The number of hydrogen-bond acceptors (Lipinski definition) is 9. The van der Waals surface area contributed by atoms with Gasteiger partial charge in [-0.05, 0) is 31.9 Å². The fraction of sp³-hybridized carbons (Fsp3) is 0.520. The van der Waals surface area contributed by atoms with Gasteiger partial charge in [-0.25, -0.2) is 4.79 Å². The average Bonchev–Trinajstić information content (AvgIpc) is 2.93. The Balaban J connectivity index is 2.68. The van der Waals surface area contributed by atoms with Crippen LogP contribution in [0.3, 0.4) is 0 Å². The lowest BCUT2D eigenvalue weighted by atomic mass is 10.1. The molecule has 1 rings (SSSR count). The summed E-state index contributed by atoms with van der Waals surface area (Å²) >= 11 is 0. The third-order valence-corrected chi connectivity index (χ3v) is 5.65. The summed E-state index contributed by atoms with van der Waals surface area (Å²) in [5.74, 6) is -4.91. The van der Waals surface area contributed by atoms with Crippen LogP contribution >= 0.6 is 0 Å². The third-order valence-electron chi connectivity index (χ3n) is 5.65. The number of rotatable bonds is 18. The largest absolute Gasteiger partial charge is 0.480 e. The van der Waals surface area contributed by atoms with Gasteiger partial charge in [0.2, 0.25) is 29.5 Å². The zero-order valence-electron chi connectivity index (χ0n) is 22.4. The van der Waals surface area contributed by atoms with E-state index in [1.54, 1.807) is 30.3 Å². The van der Waals surface area contributed by atoms with Crippen LogP contribution in [0.1, 0.15) is 31.7 Å². The first-order valence-electron chi connectivity index (χ1n) is 12.8. The summed E-state index contributed by atoms with van der Waals surface area (Å²) in [4.78, 5) is 72.8. The van der Waals surface area contributed by atoms with E-state index in [0.717, 1.165) is 6.42 Å². The SMILES string of the molecule is CC(NC(=O)C(N)CCCCN)C(=O)NCC(=O)NC(Cc1ccccc1)C(=O)NCC(=O)NC(CO)C(=O)O. The Kier molecular flexibility index (Phi) is 15.5. The lowest BCUT2D eigenvalue weighted by molar-refractivity contribution is -0.142. The number of carbonyl (C=O) groups excluding carboxylic acids is 5. The summed E-state index contributed by atoms with van der Waals surface area (Å²) < 4.78 is 0. The van der Waals surface area contributed by atoms with Gasteiger partial charge in [-0.3, -0.25) is 24.0 Å². The molecule has 4 unspecified atom stereocenters. The standard InChI is InChI=1S/C25H39N7O8/c1-15(30-23(37)17(27)9-5-6-10-26)22(36)28-12-20(34)31-18(11-16-7-3-2-4-8-16)24(38)29-13-21(35)32-19(14-33)25(39)40/h2-4,7-8,15,17-19,33H,5-6,9-14,26-27H2,1H3,(H,28,36)(H,29,38)(H,30,37)(H,31,34)(H,32,35)(H,39,40). The summed E-state index contributed by atoms with van der Waals surface area (Å²) in [5.41, 5.74) is 11.9. The molecule has 0 aromatic heterocycles. The van der Waals surface area contributed by atoms with Gasteiger partial charge in [-0.2, -0.15) is 0 Å². The highest BCUT2D eigenvalue weighted by molar-refractivity contribution is 5.94. The Bertz CT molecular complexity index is 1010. The van der Waals surface area contributed by atoms with Crippen LogP contribution in [0.2, 0.25) is 0 Å². The molecular weight excluding hydrogens is 526 g/mol. The van der Waals surface area contributed by atoms with Crippen LogP contribution in [0.4, 0.5) is 0 Å². The summed E-state index contributed by atoms with van der Waals surface area (Å²) in [6.45, 7) is -0.0305. The molecule has 0 aliphatic heterocycles. The monoisotopic (exact) mass is 565 g/mol. The van der Waals surface area contributed by atoms with Crippen LogP contribution in [-0.2, 0) is 35.2 Å². The van der Waals surface area contributed by atoms with Crippen molar-refractivity contribution in [3.63, 3.8) is 0 Å². The number of carboxylic acids is 1. The van der Waals surface area contributed by atoms with Gasteiger partial charge in [-0.15, -0.1) is 0 Å². The number of nitrogens with two attached hydrogens (primary N) is 2. The van der Waals surface area contributed by atoms with Gasteiger partial charge in [0.25, 0.3) is 0 Å². The summed E-state index contributed by atoms with van der Waals surface area (Å²) in [6, 6.07) is 4.24. The number of aliphatic hydroxyl groups is 1. The van der Waals surface area contributed by atoms with E-state index in [0.29, 0.717) is 24.9 Å². The maximum atomic E-state index is 12.8. The molecule has 1 aromatic carbocycles. The van der Waals surface area contributed by atoms with Crippen LogP contribution in [0, 0.1) is 0 Å². The minimum absolute atomic E-state index is 0.0525. The molecule has 0 aliphatic rings. The molecule has 11 N–H and O–H groups in total. The molecule has 15 heteroatoms. The minimum Gasteiger partial charge on any atom is -0.480 e. The smallest absolute Gasteiger partial charge is 0.328 e. The number of carbonyl (C=O) groups is 6. The van der Waals surface area contributed by atoms with Gasteiger partial charge in [0, 0.05) is 6.42 Å². The van der Waals surface area contributed by atoms with E-state index < -0.39 is 79.4 Å². The Morgan fingerprint density at radius 2 is 1.40 bits per heavy atom. The van der Waals surface area contributed by atoms with Crippen molar-refractivity contribution in [1.82, 2.24) is 26.6 Å². The minimum atomic E-state index is -1.54. The second-order valence-corrected chi connectivity index (χ2v) is 9.01. The predicted octanol–water partition coefficient (Wildman–Crippen LogP) is -3.53. The lowest BCUT2D eigenvalue weighted by Gasteiger charge is -2.20. The van der Waals surface area contributed by atoms with Gasteiger partial charge in [-0.1, -0.05) is 36.8 Å². The molecule has 0 heterocycles. The first-order valence-corrected chi connectivity index (χ1v) is 12.8. The van der Waals surface area contributed by atoms with Crippen molar-refractivity contribution in [2.24, 2.45) is 11.5 Å². The molecular formula is C25H39N7O8. The molecule has 0 bridgehead atoms. The van der Waals surface area contributed by atoms with E-state index >= 15 is 0 Å². The van der Waals surface area contributed by atoms with Crippen molar-refractivity contribution in [2.45, 2.75) is 56.8 Å². The average molecular weight is 566 g/mol. The summed E-state index contributed by atoms with van der Waals surface area (Å²) in [7, 11) is 0. The van der Waals surface area contributed by atoms with Crippen LogP contribution in [0.25, 0.3) is 0 Å². The van der Waals surface area contributed by atoms with Crippen molar-refractivity contribution in [3.05, 3.63) is 35.9 Å². The Hall–Kier alpha value is -4.08. The van der Waals surface area contributed by atoms with Crippen LogP contribution in [0.5, 0.6) is 0 Å². The zero-order valence-corrected chi connectivity index (χ0v) is 22.4. The fourth-order valence-electron chi connectivity index (χ4n) is 3.37.